The van der Waals surface area contributed by atoms with Crippen LogP contribution in [0.3, 0.4) is 0 Å². The maximum atomic E-state index is 13.3. The van der Waals surface area contributed by atoms with Gasteiger partial charge in [-0.05, 0) is 55.5 Å². The zero-order valence-electron chi connectivity index (χ0n) is 16.2. The van der Waals surface area contributed by atoms with Crippen LogP contribution in [0.4, 0.5) is 10.1 Å². The molecule has 0 spiro atoms. The highest BCUT2D eigenvalue weighted by molar-refractivity contribution is 7.19. The molecule has 2 aromatic heterocycles. The number of amides is 1. The van der Waals surface area contributed by atoms with Crippen LogP contribution >= 0.6 is 11.3 Å². The summed E-state index contributed by atoms with van der Waals surface area (Å²) >= 11 is 1.33. The first-order chi connectivity index (χ1) is 14.4. The number of rotatable bonds is 5. The molecule has 0 aliphatic carbocycles. The predicted octanol–water partition coefficient (Wildman–Crippen LogP) is 3.61. The molecular weight excluding hydrogens is 407 g/mol. The summed E-state index contributed by atoms with van der Waals surface area (Å²) in [6.07, 6.45) is 0. The number of ether oxygens (including phenoxy) is 1. The Labute approximate surface area is 174 Å². The van der Waals surface area contributed by atoms with Gasteiger partial charge in [0, 0.05) is 11.3 Å². The first kappa shape index (κ1) is 19.7. The molecule has 2 heterocycles. The molecule has 4 aromatic rings. The number of aromatic nitrogens is 3. The molecule has 9 heteroatoms. The second-order valence-corrected chi connectivity index (χ2v) is 7.71. The zero-order chi connectivity index (χ0) is 21.3. The highest BCUT2D eigenvalue weighted by atomic mass is 32.1. The number of thiazole rings is 1. The Morgan fingerprint density at radius 3 is 2.53 bits per heavy atom. The molecule has 7 nitrogen and oxygen atoms in total. The van der Waals surface area contributed by atoms with Crippen molar-refractivity contribution in [2.24, 2.45) is 0 Å². The van der Waals surface area contributed by atoms with Gasteiger partial charge in [-0.1, -0.05) is 0 Å². The van der Waals surface area contributed by atoms with Crippen molar-refractivity contribution in [3.8, 4) is 17.0 Å². The van der Waals surface area contributed by atoms with E-state index in [4.69, 9.17) is 4.74 Å². The summed E-state index contributed by atoms with van der Waals surface area (Å²) in [7, 11) is 1.56. The highest BCUT2D eigenvalue weighted by Crippen LogP contribution is 2.29. The molecule has 0 radical (unpaired) electrons. The third kappa shape index (κ3) is 3.92. The second kappa shape index (κ2) is 8.03. The average molecular weight is 424 g/mol. The molecule has 4 rings (SSSR count). The van der Waals surface area contributed by atoms with Crippen molar-refractivity contribution in [2.45, 2.75) is 13.5 Å². The van der Waals surface area contributed by atoms with Crippen LogP contribution in [-0.4, -0.2) is 27.8 Å². The topological polar surface area (TPSA) is 86.1 Å². The van der Waals surface area contributed by atoms with E-state index in [0.29, 0.717) is 32.4 Å². The Hall–Kier alpha value is -3.59. The smallest absolute Gasteiger partial charge is 0.294 e. The van der Waals surface area contributed by atoms with Gasteiger partial charge in [-0.3, -0.25) is 9.59 Å². The first-order valence-electron chi connectivity index (χ1n) is 9.02. The minimum absolute atomic E-state index is 0.240. The van der Waals surface area contributed by atoms with Crippen LogP contribution in [0.2, 0.25) is 0 Å². The quantitative estimate of drug-likeness (QED) is 0.529. The number of benzene rings is 2. The van der Waals surface area contributed by atoms with Crippen molar-refractivity contribution in [3.63, 3.8) is 0 Å². The van der Waals surface area contributed by atoms with Gasteiger partial charge in [-0.15, -0.1) is 11.3 Å². The largest absolute Gasteiger partial charge is 0.497 e. The number of aryl methyl sites for hydroxylation is 1. The van der Waals surface area contributed by atoms with Crippen molar-refractivity contribution in [1.82, 2.24) is 14.8 Å². The number of carbonyl (C=O) groups excluding carboxylic acids is 1. The standard InChI is InChI=1S/C21H17FN4O3S/c1-12-23-19-20(30-12)18(13-3-5-14(22)6-4-13)25-26(21(19)28)11-17(27)24-15-7-9-16(29-2)10-8-15/h3-10H,11H2,1-2H3,(H,24,27). The van der Waals surface area contributed by atoms with Crippen molar-refractivity contribution >= 4 is 33.1 Å². The first-order valence-corrected chi connectivity index (χ1v) is 9.84. The third-order valence-corrected chi connectivity index (χ3v) is 5.37. The lowest BCUT2D eigenvalue weighted by molar-refractivity contribution is -0.117. The number of carbonyl (C=O) groups is 1. The fraction of sp³-hybridized carbons (Fsp3) is 0.143. The predicted molar refractivity (Wildman–Crippen MR) is 113 cm³/mol. The molecule has 0 fully saturated rings. The number of anilines is 1. The van der Waals surface area contributed by atoms with Crippen LogP contribution in [0.5, 0.6) is 5.75 Å². The number of halogens is 1. The SMILES string of the molecule is COc1ccc(NC(=O)Cn2nc(-c3ccc(F)cc3)c3sc(C)nc3c2=O)cc1. The highest BCUT2D eigenvalue weighted by Gasteiger charge is 2.18. The van der Waals surface area contributed by atoms with Crippen molar-refractivity contribution in [3.05, 3.63) is 69.7 Å². The van der Waals surface area contributed by atoms with Crippen LogP contribution in [-0.2, 0) is 11.3 Å². The second-order valence-electron chi connectivity index (χ2n) is 6.51. The molecule has 0 saturated heterocycles. The summed E-state index contributed by atoms with van der Waals surface area (Å²) in [5, 5.41) is 7.82. The number of nitrogens with zero attached hydrogens (tertiary/aromatic N) is 3. The van der Waals surface area contributed by atoms with Crippen LogP contribution in [0, 0.1) is 12.7 Å². The van der Waals surface area contributed by atoms with E-state index in [2.05, 4.69) is 15.4 Å². The van der Waals surface area contributed by atoms with Crippen molar-refractivity contribution in [2.75, 3.05) is 12.4 Å². The summed E-state index contributed by atoms with van der Waals surface area (Å²) in [6.45, 7) is 1.50. The summed E-state index contributed by atoms with van der Waals surface area (Å²) in [4.78, 5) is 29.7. The van der Waals surface area contributed by atoms with Gasteiger partial charge in [0.05, 0.1) is 16.8 Å². The van der Waals surface area contributed by atoms with E-state index in [1.54, 1.807) is 50.4 Å². The Morgan fingerprint density at radius 2 is 1.87 bits per heavy atom. The minimum Gasteiger partial charge on any atom is -0.497 e. The molecule has 0 unspecified atom stereocenters. The molecule has 0 aliphatic heterocycles. The summed E-state index contributed by atoms with van der Waals surface area (Å²) in [5.41, 5.74) is 1.47. The van der Waals surface area contributed by atoms with Crippen LogP contribution in [0.15, 0.2) is 53.3 Å². The Kier molecular flexibility index (Phi) is 5.28. The van der Waals surface area contributed by atoms with E-state index in [1.165, 1.54) is 23.5 Å². The molecular formula is C21H17FN4O3S. The molecule has 2 aromatic carbocycles. The van der Waals surface area contributed by atoms with E-state index >= 15 is 0 Å². The van der Waals surface area contributed by atoms with E-state index in [-0.39, 0.29) is 17.9 Å². The van der Waals surface area contributed by atoms with E-state index in [1.807, 2.05) is 0 Å². The van der Waals surface area contributed by atoms with E-state index < -0.39 is 11.5 Å². The van der Waals surface area contributed by atoms with Gasteiger partial charge in [0.1, 0.15) is 23.8 Å². The molecule has 0 bridgehead atoms. The van der Waals surface area contributed by atoms with Crippen LogP contribution in [0.25, 0.3) is 21.5 Å². The lowest BCUT2D eigenvalue weighted by Crippen LogP contribution is -2.30. The van der Waals surface area contributed by atoms with Crippen LogP contribution < -0.4 is 15.6 Å². The van der Waals surface area contributed by atoms with Gasteiger partial charge in [-0.2, -0.15) is 5.10 Å². The van der Waals surface area contributed by atoms with Crippen LogP contribution in [0.1, 0.15) is 5.01 Å². The Morgan fingerprint density at radius 1 is 1.17 bits per heavy atom. The summed E-state index contributed by atoms with van der Waals surface area (Å²) in [5.74, 6) is -0.118. The fourth-order valence-electron chi connectivity index (χ4n) is 2.98. The van der Waals surface area contributed by atoms with Crippen molar-refractivity contribution < 1.29 is 13.9 Å². The van der Waals surface area contributed by atoms with Gasteiger partial charge in [0.25, 0.3) is 5.56 Å². The van der Waals surface area contributed by atoms with Crippen molar-refractivity contribution in [1.29, 1.82) is 0 Å². The molecule has 0 aliphatic rings. The molecule has 1 amide bonds. The van der Waals surface area contributed by atoms with Gasteiger partial charge in [0.2, 0.25) is 5.91 Å². The van der Waals surface area contributed by atoms with E-state index in [9.17, 15) is 14.0 Å². The number of hydrogen-bond donors (Lipinski definition) is 1. The molecule has 152 valence electrons. The number of nitrogens with one attached hydrogen (secondary N) is 1. The average Bonchev–Trinajstić information content (AvgIpc) is 3.13. The van der Waals surface area contributed by atoms with Gasteiger partial charge in [0.15, 0.2) is 5.52 Å². The fourth-order valence-corrected chi connectivity index (χ4v) is 3.90. The molecule has 0 saturated carbocycles. The van der Waals surface area contributed by atoms with Gasteiger partial charge < -0.3 is 10.1 Å². The van der Waals surface area contributed by atoms with E-state index in [0.717, 1.165) is 4.68 Å². The summed E-state index contributed by atoms with van der Waals surface area (Å²) in [6, 6.07) is 12.6. The maximum absolute atomic E-state index is 13.3. The number of fused-ring (bicyclic) bond motifs is 1. The molecule has 1 N–H and O–H groups in total. The minimum atomic E-state index is -0.454. The molecule has 0 atom stereocenters. The normalized spacial score (nSPS) is 10.9. The maximum Gasteiger partial charge on any atom is 0.294 e. The lowest BCUT2D eigenvalue weighted by Gasteiger charge is -2.10. The lowest BCUT2D eigenvalue weighted by atomic mass is 10.1. The van der Waals surface area contributed by atoms with Gasteiger partial charge >= 0.3 is 0 Å². The number of methoxy groups -OCH3 is 1. The summed E-state index contributed by atoms with van der Waals surface area (Å²) < 4.78 is 20.1. The Balaban J connectivity index is 1.69. The third-order valence-electron chi connectivity index (χ3n) is 4.39. The zero-order valence-corrected chi connectivity index (χ0v) is 17.0. The number of hydrogen-bond acceptors (Lipinski definition) is 6. The van der Waals surface area contributed by atoms with Gasteiger partial charge in [-0.25, -0.2) is 14.1 Å². The Bertz CT molecular complexity index is 1280. The monoisotopic (exact) mass is 424 g/mol. The molecule has 30 heavy (non-hydrogen) atoms.